The Morgan fingerprint density at radius 3 is 2.55 bits per heavy atom. The Balaban J connectivity index is 2.77. The van der Waals surface area contributed by atoms with Crippen molar-refractivity contribution in [2.45, 2.75) is 33.6 Å². The minimum atomic E-state index is 0.719. The number of allylic oxidation sites excluding steroid dienone is 2. The largest absolute Gasteiger partial charge is 0.122 e. The van der Waals surface area contributed by atoms with E-state index in [1.807, 2.05) is 0 Å². The number of rotatable bonds is 1. The first-order chi connectivity index (χ1) is 5.15. The van der Waals surface area contributed by atoms with Crippen molar-refractivity contribution < 1.29 is 0 Å². The van der Waals surface area contributed by atoms with Crippen LogP contribution in [0.4, 0.5) is 0 Å². The number of alkyl halides is 1. The van der Waals surface area contributed by atoms with Crippen LogP contribution in [0.3, 0.4) is 0 Å². The lowest BCUT2D eigenvalue weighted by atomic mass is 9.80. The van der Waals surface area contributed by atoms with Crippen LogP contribution in [0.1, 0.15) is 33.6 Å². The maximum absolute atomic E-state index is 5.86. The standard InChI is InChI=1S/C10H17Cl/c1-7-4-8(2)10(6-11)9(3)5-7/h7-8H,4-6H2,1-3H3/t7?,8-/m0/s1. The second-order valence-corrected chi connectivity index (χ2v) is 4.15. The lowest BCUT2D eigenvalue weighted by Crippen LogP contribution is -2.15. The number of hydrogen-bond donors (Lipinski definition) is 0. The fourth-order valence-corrected chi connectivity index (χ4v) is 2.64. The first kappa shape index (κ1) is 9.12. The van der Waals surface area contributed by atoms with Crippen molar-refractivity contribution in [3.8, 4) is 0 Å². The van der Waals surface area contributed by atoms with Gasteiger partial charge in [-0.25, -0.2) is 0 Å². The SMILES string of the molecule is CC1=C(CCl)[C@@H](C)CC(C)C1. The molecule has 0 saturated carbocycles. The molecule has 0 N–H and O–H groups in total. The van der Waals surface area contributed by atoms with Gasteiger partial charge < -0.3 is 0 Å². The van der Waals surface area contributed by atoms with Gasteiger partial charge in [-0.1, -0.05) is 25.0 Å². The van der Waals surface area contributed by atoms with E-state index in [0.717, 1.165) is 17.7 Å². The van der Waals surface area contributed by atoms with Crippen molar-refractivity contribution in [3.63, 3.8) is 0 Å². The molecule has 2 atom stereocenters. The predicted molar refractivity (Wildman–Crippen MR) is 51.0 cm³/mol. The van der Waals surface area contributed by atoms with Crippen molar-refractivity contribution >= 4 is 11.6 Å². The van der Waals surface area contributed by atoms with E-state index in [9.17, 15) is 0 Å². The van der Waals surface area contributed by atoms with Gasteiger partial charge in [-0.15, -0.1) is 11.6 Å². The van der Waals surface area contributed by atoms with E-state index in [0.29, 0.717) is 0 Å². The molecule has 0 amide bonds. The molecule has 0 aromatic carbocycles. The molecule has 0 aromatic rings. The van der Waals surface area contributed by atoms with Crippen LogP contribution in [0, 0.1) is 11.8 Å². The summed E-state index contributed by atoms with van der Waals surface area (Å²) >= 11 is 5.86. The summed E-state index contributed by atoms with van der Waals surface area (Å²) in [6, 6.07) is 0. The lowest BCUT2D eigenvalue weighted by Gasteiger charge is -2.27. The third kappa shape index (κ3) is 1.99. The Morgan fingerprint density at radius 2 is 2.09 bits per heavy atom. The average molecular weight is 173 g/mol. The van der Waals surface area contributed by atoms with Gasteiger partial charge in [0.25, 0.3) is 0 Å². The van der Waals surface area contributed by atoms with Crippen LogP contribution in [-0.4, -0.2) is 5.88 Å². The van der Waals surface area contributed by atoms with Crippen molar-refractivity contribution in [2.75, 3.05) is 5.88 Å². The predicted octanol–water partition coefficient (Wildman–Crippen LogP) is 3.61. The molecule has 0 bridgehead atoms. The second-order valence-electron chi connectivity index (χ2n) is 3.89. The summed E-state index contributed by atoms with van der Waals surface area (Å²) in [5.41, 5.74) is 3.02. The molecular weight excluding hydrogens is 156 g/mol. The van der Waals surface area contributed by atoms with Crippen LogP contribution >= 0.6 is 11.6 Å². The zero-order valence-corrected chi connectivity index (χ0v) is 8.41. The zero-order chi connectivity index (χ0) is 8.43. The Labute approximate surface area is 74.6 Å². The molecule has 0 heterocycles. The Hall–Kier alpha value is 0.0300. The molecule has 1 heteroatoms. The summed E-state index contributed by atoms with van der Waals surface area (Å²) in [4.78, 5) is 0. The van der Waals surface area contributed by atoms with Crippen molar-refractivity contribution in [2.24, 2.45) is 11.8 Å². The zero-order valence-electron chi connectivity index (χ0n) is 7.65. The molecule has 11 heavy (non-hydrogen) atoms. The Bertz CT molecular complexity index is 170. The molecule has 0 nitrogen and oxygen atoms in total. The van der Waals surface area contributed by atoms with Gasteiger partial charge in [0, 0.05) is 5.88 Å². The summed E-state index contributed by atoms with van der Waals surface area (Å²) < 4.78 is 0. The van der Waals surface area contributed by atoms with Gasteiger partial charge in [0.15, 0.2) is 0 Å². The molecule has 0 saturated heterocycles. The summed E-state index contributed by atoms with van der Waals surface area (Å²) in [5, 5.41) is 0. The normalized spacial score (nSPS) is 32.7. The van der Waals surface area contributed by atoms with Crippen LogP contribution < -0.4 is 0 Å². The topological polar surface area (TPSA) is 0 Å². The molecule has 0 radical (unpaired) electrons. The average Bonchev–Trinajstić information content (AvgIpc) is 1.85. The number of halogens is 1. The highest BCUT2D eigenvalue weighted by atomic mass is 35.5. The van der Waals surface area contributed by atoms with Gasteiger partial charge in [-0.3, -0.25) is 0 Å². The summed E-state index contributed by atoms with van der Waals surface area (Å²) in [6.45, 7) is 6.84. The molecule has 64 valence electrons. The molecule has 1 rings (SSSR count). The highest BCUT2D eigenvalue weighted by Gasteiger charge is 2.20. The molecule has 0 aliphatic heterocycles. The summed E-state index contributed by atoms with van der Waals surface area (Å²) in [5.74, 6) is 2.31. The molecule has 0 spiro atoms. The molecule has 1 aliphatic carbocycles. The molecule has 1 aliphatic rings. The number of hydrogen-bond acceptors (Lipinski definition) is 0. The van der Waals surface area contributed by atoms with E-state index in [1.165, 1.54) is 24.0 Å². The first-order valence-electron chi connectivity index (χ1n) is 4.39. The maximum atomic E-state index is 5.86. The fourth-order valence-electron chi connectivity index (χ4n) is 2.15. The van der Waals surface area contributed by atoms with Crippen LogP contribution in [0.2, 0.25) is 0 Å². The Morgan fingerprint density at radius 1 is 1.45 bits per heavy atom. The van der Waals surface area contributed by atoms with Crippen LogP contribution in [0.5, 0.6) is 0 Å². The quantitative estimate of drug-likeness (QED) is 0.419. The Kier molecular flexibility index (Phi) is 3.00. The van der Waals surface area contributed by atoms with E-state index < -0.39 is 0 Å². The summed E-state index contributed by atoms with van der Waals surface area (Å²) in [7, 11) is 0. The summed E-state index contributed by atoms with van der Waals surface area (Å²) in [6.07, 6.45) is 2.58. The molecular formula is C10H17Cl. The molecule has 0 aromatic heterocycles. The van der Waals surface area contributed by atoms with Crippen molar-refractivity contribution in [1.29, 1.82) is 0 Å². The molecule has 0 fully saturated rings. The van der Waals surface area contributed by atoms with Crippen molar-refractivity contribution in [3.05, 3.63) is 11.1 Å². The third-order valence-corrected chi connectivity index (χ3v) is 2.99. The second kappa shape index (κ2) is 3.62. The smallest absolute Gasteiger partial charge is 0.0438 e. The van der Waals surface area contributed by atoms with Gasteiger partial charge in [-0.05, 0) is 31.6 Å². The van der Waals surface area contributed by atoms with Gasteiger partial charge >= 0.3 is 0 Å². The van der Waals surface area contributed by atoms with E-state index in [1.54, 1.807) is 0 Å². The minimum Gasteiger partial charge on any atom is -0.122 e. The maximum Gasteiger partial charge on any atom is 0.0438 e. The van der Waals surface area contributed by atoms with E-state index in [2.05, 4.69) is 20.8 Å². The van der Waals surface area contributed by atoms with Gasteiger partial charge in [0.05, 0.1) is 0 Å². The first-order valence-corrected chi connectivity index (χ1v) is 4.93. The molecule has 1 unspecified atom stereocenters. The van der Waals surface area contributed by atoms with Gasteiger partial charge in [-0.2, -0.15) is 0 Å². The third-order valence-electron chi connectivity index (χ3n) is 2.70. The highest BCUT2D eigenvalue weighted by molar-refractivity contribution is 6.19. The van der Waals surface area contributed by atoms with Gasteiger partial charge in [0.2, 0.25) is 0 Å². The minimum absolute atomic E-state index is 0.719. The van der Waals surface area contributed by atoms with E-state index in [-0.39, 0.29) is 0 Å². The van der Waals surface area contributed by atoms with Gasteiger partial charge in [0.1, 0.15) is 0 Å². The highest BCUT2D eigenvalue weighted by Crippen LogP contribution is 2.33. The van der Waals surface area contributed by atoms with Crippen molar-refractivity contribution in [1.82, 2.24) is 0 Å². The lowest BCUT2D eigenvalue weighted by molar-refractivity contribution is 0.417. The fraction of sp³-hybridized carbons (Fsp3) is 0.800. The van der Waals surface area contributed by atoms with Crippen LogP contribution in [-0.2, 0) is 0 Å². The van der Waals surface area contributed by atoms with Crippen LogP contribution in [0.15, 0.2) is 11.1 Å². The van der Waals surface area contributed by atoms with E-state index >= 15 is 0 Å². The monoisotopic (exact) mass is 172 g/mol. The van der Waals surface area contributed by atoms with E-state index in [4.69, 9.17) is 11.6 Å². The van der Waals surface area contributed by atoms with Crippen LogP contribution in [0.25, 0.3) is 0 Å².